The zero-order valence-electron chi connectivity index (χ0n) is 14.9. The summed E-state index contributed by atoms with van der Waals surface area (Å²) in [6, 6.07) is 5.77. The first kappa shape index (κ1) is 18.8. The van der Waals surface area contributed by atoms with E-state index in [0.717, 1.165) is 37.1 Å². The number of anilines is 1. The molecule has 0 radical (unpaired) electrons. The first-order valence-electron chi connectivity index (χ1n) is 8.61. The Labute approximate surface area is 145 Å². The number of aryl methyl sites for hydroxylation is 2. The van der Waals surface area contributed by atoms with Crippen LogP contribution in [0, 0.1) is 13.8 Å². The topological polar surface area (TPSA) is 57.7 Å². The molecule has 6 heteroatoms. The van der Waals surface area contributed by atoms with Crippen LogP contribution < -0.4 is 4.31 Å². The highest BCUT2D eigenvalue weighted by Gasteiger charge is 2.20. The van der Waals surface area contributed by atoms with Crippen LogP contribution in [-0.4, -0.2) is 45.1 Å². The van der Waals surface area contributed by atoms with Crippen molar-refractivity contribution in [3.05, 3.63) is 29.3 Å². The molecule has 0 N–H and O–H groups in total. The lowest BCUT2D eigenvalue weighted by molar-refractivity contribution is -0.132. The van der Waals surface area contributed by atoms with E-state index in [1.165, 1.54) is 17.0 Å². The molecule has 134 valence electrons. The molecule has 1 heterocycles. The summed E-state index contributed by atoms with van der Waals surface area (Å²) in [5, 5.41) is 0. The maximum Gasteiger partial charge on any atom is 0.232 e. The first-order chi connectivity index (χ1) is 11.3. The van der Waals surface area contributed by atoms with E-state index in [0.29, 0.717) is 25.1 Å². The van der Waals surface area contributed by atoms with Gasteiger partial charge in [0.1, 0.15) is 0 Å². The van der Waals surface area contributed by atoms with E-state index in [1.807, 2.05) is 36.9 Å². The fourth-order valence-electron chi connectivity index (χ4n) is 3.26. The van der Waals surface area contributed by atoms with Crippen LogP contribution in [0.4, 0.5) is 5.69 Å². The van der Waals surface area contributed by atoms with Crippen LogP contribution in [0.25, 0.3) is 0 Å². The zero-order chi connectivity index (χ0) is 17.7. The van der Waals surface area contributed by atoms with Crippen molar-refractivity contribution >= 4 is 21.6 Å². The maximum atomic E-state index is 12.2. The van der Waals surface area contributed by atoms with Gasteiger partial charge in [-0.2, -0.15) is 0 Å². The summed E-state index contributed by atoms with van der Waals surface area (Å²) in [6.45, 7) is 5.92. The van der Waals surface area contributed by atoms with Crippen molar-refractivity contribution in [1.29, 1.82) is 0 Å². The summed E-state index contributed by atoms with van der Waals surface area (Å²) in [5.74, 6) is 0.142. The van der Waals surface area contributed by atoms with Gasteiger partial charge in [-0.25, -0.2) is 8.42 Å². The molecule has 0 aliphatic carbocycles. The number of carbonyl (C=O) groups excluding carboxylic acids is 1. The Morgan fingerprint density at radius 3 is 2.21 bits per heavy atom. The molecule has 1 aromatic carbocycles. The van der Waals surface area contributed by atoms with Gasteiger partial charge in [0, 0.05) is 26.1 Å². The van der Waals surface area contributed by atoms with Crippen molar-refractivity contribution in [1.82, 2.24) is 4.90 Å². The predicted octanol–water partition coefficient (Wildman–Crippen LogP) is 2.86. The minimum Gasteiger partial charge on any atom is -0.343 e. The van der Waals surface area contributed by atoms with E-state index in [1.54, 1.807) is 0 Å². The van der Waals surface area contributed by atoms with Crippen LogP contribution in [0.3, 0.4) is 0 Å². The van der Waals surface area contributed by atoms with Crippen molar-refractivity contribution in [2.75, 3.05) is 30.2 Å². The molecule has 1 fully saturated rings. The van der Waals surface area contributed by atoms with E-state index in [-0.39, 0.29) is 5.91 Å². The number of hydrogen-bond acceptors (Lipinski definition) is 3. The normalized spacial score (nSPS) is 15.4. The highest BCUT2D eigenvalue weighted by molar-refractivity contribution is 7.92. The van der Waals surface area contributed by atoms with Crippen LogP contribution in [0.15, 0.2) is 18.2 Å². The van der Waals surface area contributed by atoms with Gasteiger partial charge >= 0.3 is 0 Å². The van der Waals surface area contributed by atoms with Gasteiger partial charge in [0.25, 0.3) is 0 Å². The van der Waals surface area contributed by atoms with Gasteiger partial charge < -0.3 is 4.90 Å². The molecule has 0 bridgehead atoms. The third kappa shape index (κ3) is 5.23. The fourth-order valence-corrected chi connectivity index (χ4v) is 4.21. The molecule has 0 aromatic heterocycles. The Kier molecular flexibility index (Phi) is 6.27. The number of amides is 1. The third-order valence-electron chi connectivity index (χ3n) is 4.36. The zero-order valence-corrected chi connectivity index (χ0v) is 15.7. The Hall–Kier alpha value is -1.56. The summed E-state index contributed by atoms with van der Waals surface area (Å²) in [6.07, 6.45) is 5.50. The number of sulfonamides is 1. The summed E-state index contributed by atoms with van der Waals surface area (Å²) in [5.41, 5.74) is 2.74. The Morgan fingerprint density at radius 1 is 1.08 bits per heavy atom. The number of piperidine rings is 1. The first-order valence-corrected chi connectivity index (χ1v) is 10.5. The molecule has 0 saturated carbocycles. The SMILES string of the molecule is Cc1cc(C)cc(N(CCCC(=O)N2CCCCC2)S(C)(=O)=O)c1. The molecule has 1 saturated heterocycles. The van der Waals surface area contributed by atoms with E-state index in [2.05, 4.69) is 0 Å². The van der Waals surface area contributed by atoms with Crippen LogP contribution in [0.2, 0.25) is 0 Å². The van der Waals surface area contributed by atoms with Crippen LogP contribution >= 0.6 is 0 Å². The molecule has 0 atom stereocenters. The summed E-state index contributed by atoms with van der Waals surface area (Å²) in [4.78, 5) is 14.1. The average Bonchev–Trinajstić information content (AvgIpc) is 2.50. The van der Waals surface area contributed by atoms with Crippen molar-refractivity contribution in [3.8, 4) is 0 Å². The molecular formula is C18H28N2O3S. The van der Waals surface area contributed by atoms with Crippen molar-refractivity contribution in [3.63, 3.8) is 0 Å². The molecule has 1 aliphatic rings. The van der Waals surface area contributed by atoms with Gasteiger partial charge in [-0.05, 0) is 62.8 Å². The average molecular weight is 353 g/mol. The standard InChI is InChI=1S/C18H28N2O3S/c1-15-12-16(2)14-17(13-15)20(24(3,22)23)11-7-8-18(21)19-9-5-4-6-10-19/h12-14H,4-11H2,1-3H3. The molecule has 24 heavy (non-hydrogen) atoms. The molecule has 0 spiro atoms. The van der Waals surface area contributed by atoms with Gasteiger partial charge in [0.15, 0.2) is 0 Å². The van der Waals surface area contributed by atoms with Crippen molar-refractivity contribution < 1.29 is 13.2 Å². The van der Waals surface area contributed by atoms with Crippen LogP contribution in [0.5, 0.6) is 0 Å². The van der Waals surface area contributed by atoms with Gasteiger partial charge in [-0.3, -0.25) is 9.10 Å². The number of likely N-dealkylation sites (tertiary alicyclic amines) is 1. The fraction of sp³-hybridized carbons (Fsp3) is 0.611. The molecule has 5 nitrogen and oxygen atoms in total. The molecule has 1 aliphatic heterocycles. The molecular weight excluding hydrogens is 324 g/mol. The monoisotopic (exact) mass is 352 g/mol. The predicted molar refractivity (Wildman–Crippen MR) is 97.8 cm³/mol. The highest BCUT2D eigenvalue weighted by atomic mass is 32.2. The van der Waals surface area contributed by atoms with Crippen LogP contribution in [0.1, 0.15) is 43.2 Å². The molecule has 2 rings (SSSR count). The summed E-state index contributed by atoms with van der Waals surface area (Å²) in [7, 11) is -3.37. The number of benzene rings is 1. The van der Waals surface area contributed by atoms with Gasteiger partial charge in [0.05, 0.1) is 11.9 Å². The lowest BCUT2D eigenvalue weighted by Crippen LogP contribution is -2.36. The lowest BCUT2D eigenvalue weighted by atomic mass is 10.1. The van der Waals surface area contributed by atoms with Crippen LogP contribution in [-0.2, 0) is 14.8 Å². The second-order valence-corrected chi connectivity index (χ2v) is 8.63. The second kappa shape index (κ2) is 8.01. The second-order valence-electron chi connectivity index (χ2n) is 6.73. The summed E-state index contributed by atoms with van der Waals surface area (Å²) >= 11 is 0. The Morgan fingerprint density at radius 2 is 1.67 bits per heavy atom. The smallest absolute Gasteiger partial charge is 0.232 e. The number of rotatable bonds is 6. The van der Waals surface area contributed by atoms with Gasteiger partial charge in [-0.15, -0.1) is 0 Å². The van der Waals surface area contributed by atoms with E-state index in [4.69, 9.17) is 0 Å². The highest BCUT2D eigenvalue weighted by Crippen LogP contribution is 2.22. The van der Waals surface area contributed by atoms with Crippen molar-refractivity contribution in [2.24, 2.45) is 0 Å². The van der Waals surface area contributed by atoms with E-state index in [9.17, 15) is 13.2 Å². The minimum atomic E-state index is -3.37. The molecule has 0 unspecified atom stereocenters. The lowest BCUT2D eigenvalue weighted by Gasteiger charge is -2.27. The molecule has 1 amide bonds. The van der Waals surface area contributed by atoms with Gasteiger partial charge in [0.2, 0.25) is 15.9 Å². The van der Waals surface area contributed by atoms with E-state index >= 15 is 0 Å². The largest absolute Gasteiger partial charge is 0.343 e. The summed E-state index contributed by atoms with van der Waals surface area (Å²) < 4.78 is 25.7. The number of nitrogens with zero attached hydrogens (tertiary/aromatic N) is 2. The van der Waals surface area contributed by atoms with E-state index < -0.39 is 10.0 Å². The maximum absolute atomic E-state index is 12.2. The van der Waals surface area contributed by atoms with Crippen molar-refractivity contribution in [2.45, 2.75) is 46.0 Å². The molecule has 1 aromatic rings. The Balaban J connectivity index is 2.01. The minimum absolute atomic E-state index is 0.142. The third-order valence-corrected chi connectivity index (χ3v) is 5.55. The number of carbonyl (C=O) groups is 1. The Bertz CT molecular complexity index is 659. The van der Waals surface area contributed by atoms with Gasteiger partial charge in [-0.1, -0.05) is 6.07 Å². The number of hydrogen-bond donors (Lipinski definition) is 0. The quantitative estimate of drug-likeness (QED) is 0.791.